The van der Waals surface area contributed by atoms with Crippen molar-refractivity contribution < 1.29 is 4.74 Å². The molecule has 1 unspecified atom stereocenters. The maximum atomic E-state index is 5.64. The van der Waals surface area contributed by atoms with E-state index >= 15 is 0 Å². The SMILES string of the molecule is CCCOCCC(CNC(C)C)c1cccc(C)c1. The third-order valence-corrected chi connectivity index (χ3v) is 3.25. The van der Waals surface area contributed by atoms with Gasteiger partial charge in [-0.3, -0.25) is 0 Å². The molecule has 0 aliphatic carbocycles. The molecule has 1 aromatic rings. The van der Waals surface area contributed by atoms with Crippen molar-refractivity contribution in [2.75, 3.05) is 19.8 Å². The minimum atomic E-state index is 0.531. The van der Waals surface area contributed by atoms with Gasteiger partial charge < -0.3 is 10.1 Å². The zero-order valence-corrected chi connectivity index (χ0v) is 12.9. The molecule has 0 bridgehead atoms. The smallest absolute Gasteiger partial charge is 0.0472 e. The van der Waals surface area contributed by atoms with Gasteiger partial charge in [-0.25, -0.2) is 0 Å². The summed E-state index contributed by atoms with van der Waals surface area (Å²) in [5.74, 6) is 0.541. The Balaban J connectivity index is 2.57. The molecule has 1 rings (SSSR count). The molecule has 1 aromatic carbocycles. The molecular formula is C17H29NO. The molecule has 0 radical (unpaired) electrons. The lowest BCUT2D eigenvalue weighted by Gasteiger charge is -2.20. The van der Waals surface area contributed by atoms with E-state index in [0.717, 1.165) is 32.6 Å². The number of hydrogen-bond acceptors (Lipinski definition) is 2. The first-order chi connectivity index (χ1) is 9.13. The van der Waals surface area contributed by atoms with Crippen LogP contribution in [-0.2, 0) is 4.74 Å². The fourth-order valence-corrected chi connectivity index (χ4v) is 2.16. The summed E-state index contributed by atoms with van der Waals surface area (Å²) >= 11 is 0. The van der Waals surface area contributed by atoms with Crippen molar-refractivity contribution in [3.05, 3.63) is 35.4 Å². The molecule has 0 saturated carbocycles. The van der Waals surface area contributed by atoms with E-state index in [1.807, 2.05) is 0 Å². The van der Waals surface area contributed by atoms with Gasteiger partial charge in [-0.2, -0.15) is 0 Å². The number of nitrogens with one attached hydrogen (secondary N) is 1. The Labute approximate surface area is 118 Å². The van der Waals surface area contributed by atoms with Gasteiger partial charge in [-0.1, -0.05) is 50.6 Å². The van der Waals surface area contributed by atoms with Crippen molar-refractivity contribution in [3.8, 4) is 0 Å². The van der Waals surface area contributed by atoms with E-state index < -0.39 is 0 Å². The average molecular weight is 263 g/mol. The Morgan fingerprint density at radius 1 is 1.21 bits per heavy atom. The van der Waals surface area contributed by atoms with Crippen LogP contribution in [0.5, 0.6) is 0 Å². The maximum absolute atomic E-state index is 5.64. The van der Waals surface area contributed by atoms with E-state index in [2.05, 4.69) is 57.3 Å². The summed E-state index contributed by atoms with van der Waals surface area (Å²) in [5.41, 5.74) is 2.76. The molecule has 0 aromatic heterocycles. The second-order valence-electron chi connectivity index (χ2n) is 5.58. The van der Waals surface area contributed by atoms with Crippen LogP contribution in [0.1, 0.15) is 50.7 Å². The number of ether oxygens (including phenoxy) is 1. The highest BCUT2D eigenvalue weighted by Crippen LogP contribution is 2.20. The normalized spacial score (nSPS) is 12.9. The summed E-state index contributed by atoms with van der Waals surface area (Å²) < 4.78 is 5.64. The molecular weight excluding hydrogens is 234 g/mol. The first kappa shape index (κ1) is 16.2. The Morgan fingerprint density at radius 3 is 2.63 bits per heavy atom. The Bertz CT molecular complexity index is 349. The highest BCUT2D eigenvalue weighted by molar-refractivity contribution is 5.25. The molecule has 2 nitrogen and oxygen atoms in total. The van der Waals surface area contributed by atoms with Crippen molar-refractivity contribution in [3.63, 3.8) is 0 Å². The molecule has 0 aliphatic heterocycles. The second kappa shape index (κ2) is 9.11. The zero-order chi connectivity index (χ0) is 14.1. The van der Waals surface area contributed by atoms with Gasteiger partial charge >= 0.3 is 0 Å². The zero-order valence-electron chi connectivity index (χ0n) is 12.9. The van der Waals surface area contributed by atoms with Gasteiger partial charge in [0.05, 0.1) is 0 Å². The van der Waals surface area contributed by atoms with Crippen molar-refractivity contribution in [1.29, 1.82) is 0 Å². The van der Waals surface area contributed by atoms with E-state index in [1.54, 1.807) is 0 Å². The van der Waals surface area contributed by atoms with Gasteiger partial charge in [0, 0.05) is 25.8 Å². The van der Waals surface area contributed by atoms with E-state index in [9.17, 15) is 0 Å². The lowest BCUT2D eigenvalue weighted by molar-refractivity contribution is 0.127. The predicted octanol–water partition coefficient (Wildman–Crippen LogP) is 3.89. The van der Waals surface area contributed by atoms with E-state index in [4.69, 9.17) is 4.74 Å². The number of benzene rings is 1. The summed E-state index contributed by atoms with van der Waals surface area (Å²) in [7, 11) is 0. The van der Waals surface area contributed by atoms with E-state index in [0.29, 0.717) is 12.0 Å². The second-order valence-corrected chi connectivity index (χ2v) is 5.58. The topological polar surface area (TPSA) is 21.3 Å². The Hall–Kier alpha value is -0.860. The number of aryl methyl sites for hydroxylation is 1. The van der Waals surface area contributed by atoms with E-state index in [-0.39, 0.29) is 0 Å². The predicted molar refractivity (Wildman–Crippen MR) is 82.8 cm³/mol. The molecule has 19 heavy (non-hydrogen) atoms. The minimum absolute atomic E-state index is 0.531. The van der Waals surface area contributed by atoms with Crippen LogP contribution >= 0.6 is 0 Å². The van der Waals surface area contributed by atoms with Crippen LogP contribution in [-0.4, -0.2) is 25.8 Å². The summed E-state index contributed by atoms with van der Waals surface area (Å²) in [5, 5.41) is 3.55. The van der Waals surface area contributed by atoms with Crippen LogP contribution in [0, 0.1) is 6.92 Å². The minimum Gasteiger partial charge on any atom is -0.381 e. The number of hydrogen-bond donors (Lipinski definition) is 1. The fraction of sp³-hybridized carbons (Fsp3) is 0.647. The highest BCUT2D eigenvalue weighted by atomic mass is 16.5. The molecule has 0 spiro atoms. The molecule has 1 N–H and O–H groups in total. The van der Waals surface area contributed by atoms with Crippen LogP contribution < -0.4 is 5.32 Å². The van der Waals surface area contributed by atoms with Crippen LogP contribution in [0.4, 0.5) is 0 Å². The average Bonchev–Trinajstić information content (AvgIpc) is 2.37. The van der Waals surface area contributed by atoms with Gasteiger partial charge in [0.1, 0.15) is 0 Å². The third-order valence-electron chi connectivity index (χ3n) is 3.25. The Morgan fingerprint density at radius 2 is 2.00 bits per heavy atom. The summed E-state index contributed by atoms with van der Waals surface area (Å²) in [6.45, 7) is 11.4. The fourth-order valence-electron chi connectivity index (χ4n) is 2.16. The number of rotatable bonds is 9. The highest BCUT2D eigenvalue weighted by Gasteiger charge is 2.12. The van der Waals surface area contributed by atoms with Gasteiger partial charge in [-0.05, 0) is 31.2 Å². The molecule has 0 aliphatic rings. The molecule has 0 fully saturated rings. The Kier molecular flexibility index (Phi) is 7.76. The van der Waals surface area contributed by atoms with Gasteiger partial charge in [0.2, 0.25) is 0 Å². The molecule has 0 saturated heterocycles. The third kappa shape index (κ3) is 6.74. The van der Waals surface area contributed by atoms with Crippen molar-refractivity contribution in [2.45, 2.75) is 52.5 Å². The van der Waals surface area contributed by atoms with Crippen molar-refractivity contribution >= 4 is 0 Å². The van der Waals surface area contributed by atoms with Crippen molar-refractivity contribution in [2.24, 2.45) is 0 Å². The molecule has 0 heterocycles. The largest absolute Gasteiger partial charge is 0.381 e. The lowest BCUT2D eigenvalue weighted by atomic mass is 9.94. The van der Waals surface area contributed by atoms with Crippen LogP contribution in [0.3, 0.4) is 0 Å². The standard InChI is InChI=1S/C17H29NO/c1-5-10-19-11-9-17(13-18-14(2)3)16-8-6-7-15(4)12-16/h6-8,12,14,17-18H,5,9-11,13H2,1-4H3. The van der Waals surface area contributed by atoms with Crippen molar-refractivity contribution in [1.82, 2.24) is 5.32 Å². The van der Waals surface area contributed by atoms with E-state index in [1.165, 1.54) is 11.1 Å². The molecule has 108 valence electrons. The summed E-state index contributed by atoms with van der Waals surface area (Å²) in [4.78, 5) is 0. The molecule has 2 heteroatoms. The van der Waals surface area contributed by atoms with Gasteiger partial charge in [0.25, 0.3) is 0 Å². The van der Waals surface area contributed by atoms with Gasteiger partial charge in [0.15, 0.2) is 0 Å². The monoisotopic (exact) mass is 263 g/mol. The maximum Gasteiger partial charge on any atom is 0.0472 e. The quantitative estimate of drug-likeness (QED) is 0.682. The molecule has 0 amide bonds. The van der Waals surface area contributed by atoms with Crippen LogP contribution in [0.15, 0.2) is 24.3 Å². The first-order valence-electron chi connectivity index (χ1n) is 7.51. The first-order valence-corrected chi connectivity index (χ1v) is 7.51. The van der Waals surface area contributed by atoms with Crippen LogP contribution in [0.2, 0.25) is 0 Å². The van der Waals surface area contributed by atoms with Crippen LogP contribution in [0.25, 0.3) is 0 Å². The summed E-state index contributed by atoms with van der Waals surface area (Å²) in [6, 6.07) is 9.37. The lowest BCUT2D eigenvalue weighted by Crippen LogP contribution is -2.28. The molecule has 1 atom stereocenters. The summed E-state index contributed by atoms with van der Waals surface area (Å²) in [6.07, 6.45) is 2.18. The van der Waals surface area contributed by atoms with Gasteiger partial charge in [-0.15, -0.1) is 0 Å².